The van der Waals surface area contributed by atoms with Crippen LogP contribution in [0.15, 0.2) is 29.2 Å². The first kappa shape index (κ1) is 15.5. The molecule has 0 radical (unpaired) electrons. The van der Waals surface area contributed by atoms with Crippen LogP contribution in [0.4, 0.5) is 0 Å². The quantitative estimate of drug-likeness (QED) is 0.799. The van der Waals surface area contributed by atoms with Crippen molar-refractivity contribution in [2.24, 2.45) is 5.41 Å². The Labute approximate surface area is 131 Å². The molecule has 2 atom stereocenters. The van der Waals surface area contributed by atoms with Crippen molar-refractivity contribution < 1.29 is 17.9 Å². The SMILES string of the molecule is COC(=O)[C@@]12CCC[C@@H]1N(S(=O)(=O)c1ccc(C)cc1)CC2. The topological polar surface area (TPSA) is 63.7 Å². The number of fused-ring (bicyclic) bond motifs is 1. The Morgan fingerprint density at radius 2 is 1.95 bits per heavy atom. The lowest BCUT2D eigenvalue weighted by Gasteiger charge is -2.29. The summed E-state index contributed by atoms with van der Waals surface area (Å²) in [6, 6.07) is 6.59. The van der Waals surface area contributed by atoms with Crippen molar-refractivity contribution in [3.05, 3.63) is 29.8 Å². The fourth-order valence-electron chi connectivity index (χ4n) is 3.91. The molecular formula is C16H21NO4S. The summed E-state index contributed by atoms with van der Waals surface area (Å²) in [5.74, 6) is -0.267. The van der Waals surface area contributed by atoms with Crippen molar-refractivity contribution in [1.29, 1.82) is 0 Å². The maximum Gasteiger partial charge on any atom is 0.313 e. The highest BCUT2D eigenvalue weighted by Gasteiger charge is 2.58. The van der Waals surface area contributed by atoms with Gasteiger partial charge in [-0.25, -0.2) is 8.42 Å². The van der Waals surface area contributed by atoms with Gasteiger partial charge in [-0.2, -0.15) is 4.31 Å². The molecule has 0 spiro atoms. The number of hydrogen-bond donors (Lipinski definition) is 0. The summed E-state index contributed by atoms with van der Waals surface area (Å²) in [6.07, 6.45) is 2.85. The van der Waals surface area contributed by atoms with E-state index in [1.54, 1.807) is 24.3 Å². The number of aryl methyl sites for hydroxylation is 1. The lowest BCUT2D eigenvalue weighted by Crippen LogP contribution is -2.43. The zero-order chi connectivity index (χ0) is 16.0. The number of carbonyl (C=O) groups is 1. The van der Waals surface area contributed by atoms with Crippen LogP contribution >= 0.6 is 0 Å². The highest BCUT2D eigenvalue weighted by atomic mass is 32.2. The minimum absolute atomic E-state index is 0.267. The first-order valence-electron chi connectivity index (χ1n) is 7.59. The molecule has 1 aliphatic heterocycles. The van der Waals surface area contributed by atoms with E-state index < -0.39 is 15.4 Å². The Balaban J connectivity index is 1.96. The van der Waals surface area contributed by atoms with Gasteiger partial charge < -0.3 is 4.74 Å². The summed E-state index contributed by atoms with van der Waals surface area (Å²) in [5.41, 5.74) is 0.372. The number of ether oxygens (including phenoxy) is 1. The second-order valence-electron chi connectivity index (χ2n) is 6.23. The first-order chi connectivity index (χ1) is 10.4. The molecule has 0 unspecified atom stereocenters. The molecule has 22 heavy (non-hydrogen) atoms. The Kier molecular flexibility index (Phi) is 3.77. The lowest BCUT2D eigenvalue weighted by atomic mass is 9.82. The largest absolute Gasteiger partial charge is 0.469 e. The number of sulfonamides is 1. The first-order valence-corrected chi connectivity index (χ1v) is 9.03. The van der Waals surface area contributed by atoms with Crippen molar-refractivity contribution in [3.63, 3.8) is 0 Å². The molecule has 2 fully saturated rings. The average Bonchev–Trinajstić information content (AvgIpc) is 3.06. The molecule has 0 aromatic heterocycles. The minimum atomic E-state index is -3.56. The third kappa shape index (κ3) is 2.16. The third-order valence-electron chi connectivity index (χ3n) is 5.08. The summed E-state index contributed by atoms with van der Waals surface area (Å²) >= 11 is 0. The number of hydrogen-bond acceptors (Lipinski definition) is 4. The molecule has 0 N–H and O–H groups in total. The van der Waals surface area contributed by atoms with Crippen molar-refractivity contribution in [2.75, 3.05) is 13.7 Å². The van der Waals surface area contributed by atoms with E-state index in [1.807, 2.05) is 6.92 Å². The fourth-order valence-corrected chi connectivity index (χ4v) is 5.63. The lowest BCUT2D eigenvalue weighted by molar-refractivity contribution is -0.152. The van der Waals surface area contributed by atoms with Crippen molar-refractivity contribution in [2.45, 2.75) is 43.5 Å². The zero-order valence-electron chi connectivity index (χ0n) is 12.9. The number of esters is 1. The van der Waals surface area contributed by atoms with E-state index in [-0.39, 0.29) is 12.0 Å². The second-order valence-corrected chi connectivity index (χ2v) is 8.13. The molecule has 1 saturated carbocycles. The van der Waals surface area contributed by atoms with Gasteiger partial charge in [0.25, 0.3) is 0 Å². The third-order valence-corrected chi connectivity index (χ3v) is 7.01. The van der Waals surface area contributed by atoms with Gasteiger partial charge in [0.15, 0.2) is 0 Å². The standard InChI is InChI=1S/C16H21NO4S/c1-12-5-7-13(8-6-12)22(19,20)17-11-10-16(15(18)21-2)9-3-4-14(16)17/h5-8,14H,3-4,9-11H2,1-2H3/t14-,16+/m0/s1. The maximum atomic E-state index is 12.9. The summed E-state index contributed by atoms with van der Waals surface area (Å²) in [4.78, 5) is 12.5. The monoisotopic (exact) mass is 323 g/mol. The molecule has 2 aliphatic rings. The van der Waals surface area contributed by atoms with E-state index >= 15 is 0 Å². The molecular weight excluding hydrogens is 302 g/mol. The summed E-state index contributed by atoms with van der Waals surface area (Å²) < 4.78 is 32.3. The Morgan fingerprint density at radius 1 is 1.27 bits per heavy atom. The van der Waals surface area contributed by atoms with E-state index in [0.717, 1.165) is 18.4 Å². The molecule has 5 nitrogen and oxygen atoms in total. The minimum Gasteiger partial charge on any atom is -0.469 e. The van der Waals surface area contributed by atoms with Gasteiger partial charge >= 0.3 is 5.97 Å². The number of nitrogens with zero attached hydrogens (tertiary/aromatic N) is 1. The molecule has 120 valence electrons. The van der Waals surface area contributed by atoms with Crippen LogP contribution in [-0.2, 0) is 19.6 Å². The van der Waals surface area contributed by atoms with Gasteiger partial charge in [-0.15, -0.1) is 0 Å². The van der Waals surface area contributed by atoms with Gasteiger partial charge in [0, 0.05) is 12.6 Å². The highest BCUT2D eigenvalue weighted by Crippen LogP contribution is 2.51. The Bertz CT molecular complexity index is 683. The Hall–Kier alpha value is -1.40. The van der Waals surface area contributed by atoms with Crippen LogP contribution in [0.25, 0.3) is 0 Å². The predicted molar refractivity (Wildman–Crippen MR) is 81.8 cm³/mol. The van der Waals surface area contributed by atoms with Gasteiger partial charge in [0.1, 0.15) is 0 Å². The van der Waals surface area contributed by atoms with Crippen molar-refractivity contribution >= 4 is 16.0 Å². The van der Waals surface area contributed by atoms with Crippen LogP contribution in [-0.4, -0.2) is 38.4 Å². The summed E-state index contributed by atoms with van der Waals surface area (Å²) in [7, 11) is -2.19. The molecule has 1 aromatic carbocycles. The highest BCUT2D eigenvalue weighted by molar-refractivity contribution is 7.89. The number of carbonyl (C=O) groups excluding carboxylic acids is 1. The predicted octanol–water partition coefficient (Wildman–Crippen LogP) is 2.10. The van der Waals surface area contributed by atoms with Gasteiger partial charge in [0.2, 0.25) is 10.0 Å². The molecule has 1 saturated heterocycles. The number of rotatable bonds is 3. The van der Waals surface area contributed by atoms with Gasteiger partial charge in [-0.3, -0.25) is 4.79 Å². The van der Waals surface area contributed by atoms with Gasteiger partial charge in [-0.05, 0) is 38.3 Å². The number of methoxy groups -OCH3 is 1. The number of benzene rings is 1. The molecule has 1 aliphatic carbocycles. The molecule has 1 heterocycles. The van der Waals surface area contributed by atoms with E-state index in [0.29, 0.717) is 24.3 Å². The van der Waals surface area contributed by atoms with Crippen LogP contribution < -0.4 is 0 Å². The van der Waals surface area contributed by atoms with E-state index in [4.69, 9.17) is 4.74 Å². The van der Waals surface area contributed by atoms with Crippen molar-refractivity contribution in [3.8, 4) is 0 Å². The Morgan fingerprint density at radius 3 is 2.59 bits per heavy atom. The normalized spacial score (nSPS) is 28.5. The average molecular weight is 323 g/mol. The molecule has 3 rings (SSSR count). The van der Waals surface area contributed by atoms with Crippen LogP contribution in [0.3, 0.4) is 0 Å². The van der Waals surface area contributed by atoms with Crippen molar-refractivity contribution in [1.82, 2.24) is 4.31 Å². The van der Waals surface area contributed by atoms with Crippen LogP contribution in [0, 0.1) is 12.3 Å². The molecule has 6 heteroatoms. The molecule has 0 amide bonds. The molecule has 1 aromatic rings. The van der Waals surface area contributed by atoms with Crippen LogP contribution in [0.5, 0.6) is 0 Å². The molecule has 0 bridgehead atoms. The smallest absolute Gasteiger partial charge is 0.313 e. The van der Waals surface area contributed by atoms with Crippen LogP contribution in [0.2, 0.25) is 0 Å². The maximum absolute atomic E-state index is 12.9. The van der Waals surface area contributed by atoms with Gasteiger partial charge in [0.05, 0.1) is 17.4 Å². The summed E-state index contributed by atoms with van der Waals surface area (Å²) in [5, 5.41) is 0. The van der Waals surface area contributed by atoms with Crippen LogP contribution in [0.1, 0.15) is 31.2 Å². The van der Waals surface area contributed by atoms with E-state index in [2.05, 4.69) is 0 Å². The second kappa shape index (κ2) is 5.35. The van der Waals surface area contributed by atoms with Gasteiger partial charge in [-0.1, -0.05) is 24.1 Å². The summed E-state index contributed by atoms with van der Waals surface area (Å²) in [6.45, 7) is 2.31. The van der Waals surface area contributed by atoms with E-state index in [1.165, 1.54) is 11.4 Å². The zero-order valence-corrected chi connectivity index (χ0v) is 13.7. The fraction of sp³-hybridized carbons (Fsp3) is 0.562. The van der Waals surface area contributed by atoms with E-state index in [9.17, 15) is 13.2 Å².